The van der Waals surface area contributed by atoms with E-state index < -0.39 is 31.4 Å². The van der Waals surface area contributed by atoms with Crippen molar-refractivity contribution in [2.24, 2.45) is 4.36 Å². The van der Waals surface area contributed by atoms with E-state index in [9.17, 15) is 25.8 Å². The number of sulfone groups is 1. The first kappa shape index (κ1) is 22.6. The van der Waals surface area contributed by atoms with Crippen molar-refractivity contribution in [1.82, 2.24) is 19.4 Å². The van der Waals surface area contributed by atoms with Crippen molar-refractivity contribution >= 4 is 30.9 Å². The maximum Gasteiger partial charge on any atom is 0.433 e. The highest BCUT2D eigenvalue weighted by molar-refractivity contribution is 7.93. The van der Waals surface area contributed by atoms with Crippen LogP contribution in [-0.2, 0) is 30.5 Å². The Hall–Kier alpha value is -2.58. The third-order valence-electron chi connectivity index (χ3n) is 4.80. The molecule has 3 aromatic rings. The molecular formula is C18H18F3N5O4S2. The molecule has 4 rings (SSSR count). The Balaban J connectivity index is 1.85. The lowest BCUT2D eigenvalue weighted by Gasteiger charge is -2.16. The average Bonchev–Trinajstić information content (AvgIpc) is 3.16. The molecule has 0 saturated carbocycles. The van der Waals surface area contributed by atoms with E-state index in [0.29, 0.717) is 13.2 Å². The lowest BCUT2D eigenvalue weighted by Crippen LogP contribution is -2.25. The molecule has 0 amide bonds. The molecule has 1 saturated heterocycles. The van der Waals surface area contributed by atoms with Crippen LogP contribution >= 0.6 is 0 Å². The van der Waals surface area contributed by atoms with Crippen molar-refractivity contribution in [2.45, 2.75) is 18.0 Å². The Morgan fingerprint density at radius 2 is 1.94 bits per heavy atom. The number of aromatic nitrogens is 4. The Bertz CT molecular complexity index is 1400. The van der Waals surface area contributed by atoms with Crippen LogP contribution in [0, 0.1) is 0 Å². The molecule has 0 spiro atoms. The van der Waals surface area contributed by atoms with E-state index in [1.807, 2.05) is 0 Å². The van der Waals surface area contributed by atoms with Gasteiger partial charge in [-0.05, 0) is 6.07 Å². The number of hydrogen-bond donors (Lipinski definition) is 0. The summed E-state index contributed by atoms with van der Waals surface area (Å²) in [4.78, 5) is 11.5. The van der Waals surface area contributed by atoms with E-state index in [1.54, 1.807) is 0 Å². The highest BCUT2D eigenvalue weighted by Crippen LogP contribution is 2.32. The molecule has 32 heavy (non-hydrogen) atoms. The Morgan fingerprint density at radius 3 is 2.59 bits per heavy atom. The van der Waals surface area contributed by atoms with Gasteiger partial charge in [0.05, 0.1) is 57.0 Å². The average molecular weight is 490 g/mol. The minimum atomic E-state index is -4.65. The number of nitrogens with zero attached hydrogens (tertiary/aromatic N) is 5. The molecule has 0 aromatic carbocycles. The normalized spacial score (nSPS) is 16.9. The van der Waals surface area contributed by atoms with Crippen LogP contribution in [-0.4, -0.2) is 62.5 Å². The van der Waals surface area contributed by atoms with E-state index in [0.717, 1.165) is 12.4 Å². The number of imidazole rings is 1. The number of hydrogen-bond acceptors (Lipinski definition) is 8. The van der Waals surface area contributed by atoms with Crippen LogP contribution in [0.5, 0.6) is 0 Å². The second-order valence-electron chi connectivity index (χ2n) is 6.99. The zero-order valence-electron chi connectivity index (χ0n) is 16.7. The molecule has 0 N–H and O–H groups in total. The quantitative estimate of drug-likeness (QED) is 0.553. The maximum atomic E-state index is 12.9. The first-order valence-corrected chi connectivity index (χ1v) is 13.0. The van der Waals surface area contributed by atoms with Crippen LogP contribution in [0.3, 0.4) is 0 Å². The lowest BCUT2D eigenvalue weighted by atomic mass is 10.3. The van der Waals surface area contributed by atoms with E-state index in [4.69, 9.17) is 4.74 Å². The van der Waals surface area contributed by atoms with Gasteiger partial charge in [0, 0.05) is 12.3 Å². The molecule has 1 aliphatic heterocycles. The van der Waals surface area contributed by atoms with Gasteiger partial charge in [-0.3, -0.25) is 9.38 Å². The standard InChI is InChI=1S/C18H18F3N5O4S2/c1-2-32(28,29)14-7-12(25-31(27)5-3-30-4-6-31)9-22-17(14)13-10-26-11-23-15(18(19,20)21)8-16(26)24-13/h7-11H,2-6H2,1H3. The van der Waals surface area contributed by atoms with E-state index >= 15 is 0 Å². The molecule has 1 aliphatic rings. The first-order valence-electron chi connectivity index (χ1n) is 9.46. The smallest absolute Gasteiger partial charge is 0.379 e. The molecule has 1 fully saturated rings. The lowest BCUT2D eigenvalue weighted by molar-refractivity contribution is -0.141. The molecule has 0 aliphatic carbocycles. The van der Waals surface area contributed by atoms with Gasteiger partial charge in [-0.2, -0.15) is 17.5 Å². The summed E-state index contributed by atoms with van der Waals surface area (Å²) in [7, 11) is -6.41. The molecule has 0 radical (unpaired) electrons. The third-order valence-corrected chi connectivity index (χ3v) is 8.69. The van der Waals surface area contributed by atoms with Gasteiger partial charge in [-0.1, -0.05) is 6.92 Å². The molecule has 0 bridgehead atoms. The SMILES string of the molecule is CCS(=O)(=O)c1cc(N=S2(=O)CCOCC2)cnc1-c1cn2cnc(C(F)(F)F)cc2n1. The first-order chi connectivity index (χ1) is 15.0. The summed E-state index contributed by atoms with van der Waals surface area (Å²) >= 11 is 0. The fourth-order valence-electron chi connectivity index (χ4n) is 3.10. The van der Waals surface area contributed by atoms with Gasteiger partial charge in [0.1, 0.15) is 29.1 Å². The number of pyridine rings is 1. The Morgan fingerprint density at radius 1 is 1.22 bits per heavy atom. The summed E-state index contributed by atoms with van der Waals surface area (Å²) < 4.78 is 87.9. The summed E-state index contributed by atoms with van der Waals surface area (Å²) in [5.74, 6) is 0.207. The van der Waals surface area contributed by atoms with Gasteiger partial charge >= 0.3 is 6.18 Å². The largest absolute Gasteiger partial charge is 0.433 e. The van der Waals surface area contributed by atoms with Gasteiger partial charge in [0.15, 0.2) is 9.84 Å². The van der Waals surface area contributed by atoms with Crippen molar-refractivity contribution in [3.63, 3.8) is 0 Å². The number of fused-ring (bicyclic) bond motifs is 1. The zero-order chi connectivity index (χ0) is 23.1. The number of alkyl halides is 3. The van der Waals surface area contributed by atoms with Crippen molar-refractivity contribution in [1.29, 1.82) is 0 Å². The highest BCUT2D eigenvalue weighted by atomic mass is 32.2. The second kappa shape index (κ2) is 8.08. The molecule has 3 aromatic heterocycles. The number of rotatable bonds is 4. The fourth-order valence-corrected chi connectivity index (χ4v) is 5.79. The van der Waals surface area contributed by atoms with Crippen LogP contribution in [0.15, 0.2) is 40.1 Å². The van der Waals surface area contributed by atoms with Crippen molar-refractivity contribution in [2.75, 3.05) is 30.5 Å². The number of halogens is 3. The monoisotopic (exact) mass is 489 g/mol. The Labute approximate surface area is 181 Å². The van der Waals surface area contributed by atoms with Crippen molar-refractivity contribution < 1.29 is 30.5 Å². The predicted octanol–water partition coefficient (Wildman–Crippen LogP) is 2.73. The molecular weight excluding hydrogens is 471 g/mol. The topological polar surface area (TPSA) is 116 Å². The van der Waals surface area contributed by atoms with Crippen LogP contribution in [0.1, 0.15) is 12.6 Å². The van der Waals surface area contributed by atoms with Crippen LogP contribution in [0.4, 0.5) is 18.9 Å². The minimum Gasteiger partial charge on any atom is -0.379 e. The van der Waals surface area contributed by atoms with E-state index in [-0.39, 0.29) is 44.9 Å². The van der Waals surface area contributed by atoms with Crippen LogP contribution < -0.4 is 0 Å². The Kier molecular flexibility index (Phi) is 5.71. The van der Waals surface area contributed by atoms with Gasteiger partial charge in [0.2, 0.25) is 0 Å². The summed E-state index contributed by atoms with van der Waals surface area (Å²) in [6.07, 6.45) is -1.08. The van der Waals surface area contributed by atoms with Gasteiger partial charge in [0.25, 0.3) is 0 Å². The zero-order valence-corrected chi connectivity index (χ0v) is 18.4. The molecule has 0 atom stereocenters. The second-order valence-corrected chi connectivity index (χ2v) is 11.8. The highest BCUT2D eigenvalue weighted by Gasteiger charge is 2.33. The molecule has 0 unspecified atom stereocenters. The molecule has 14 heteroatoms. The van der Waals surface area contributed by atoms with E-state index in [1.165, 1.54) is 29.8 Å². The van der Waals surface area contributed by atoms with Gasteiger partial charge in [-0.15, -0.1) is 0 Å². The molecule has 4 heterocycles. The minimum absolute atomic E-state index is 0.0371. The third kappa shape index (κ3) is 4.47. The molecule has 9 nitrogen and oxygen atoms in total. The summed E-state index contributed by atoms with van der Waals surface area (Å²) in [6.45, 7) is 2.04. The van der Waals surface area contributed by atoms with Crippen LogP contribution in [0.2, 0.25) is 0 Å². The van der Waals surface area contributed by atoms with Crippen LogP contribution in [0.25, 0.3) is 17.0 Å². The summed E-state index contributed by atoms with van der Waals surface area (Å²) in [5, 5.41) is 0. The van der Waals surface area contributed by atoms with Gasteiger partial charge in [-0.25, -0.2) is 22.6 Å². The summed E-state index contributed by atoms with van der Waals surface area (Å²) in [5.41, 5.74) is -1.03. The number of ether oxygens (including phenoxy) is 1. The van der Waals surface area contributed by atoms with Crippen molar-refractivity contribution in [3.05, 3.63) is 36.5 Å². The van der Waals surface area contributed by atoms with E-state index in [2.05, 4.69) is 19.3 Å². The predicted molar refractivity (Wildman–Crippen MR) is 110 cm³/mol. The summed E-state index contributed by atoms with van der Waals surface area (Å²) in [6, 6.07) is 2.03. The van der Waals surface area contributed by atoms with Crippen molar-refractivity contribution in [3.8, 4) is 11.4 Å². The fraction of sp³-hybridized carbons (Fsp3) is 0.389. The maximum absolute atomic E-state index is 12.9. The molecule has 172 valence electrons. The van der Waals surface area contributed by atoms with Gasteiger partial charge < -0.3 is 4.74 Å².